The lowest BCUT2D eigenvalue weighted by Gasteiger charge is -2.30. The van der Waals surface area contributed by atoms with Gasteiger partial charge in [-0.2, -0.15) is 0 Å². The Morgan fingerprint density at radius 2 is 1.95 bits per heavy atom. The molecule has 0 radical (unpaired) electrons. The molecule has 3 nitrogen and oxygen atoms in total. The minimum Gasteiger partial charge on any atom is -0.352 e. The molecule has 118 valence electrons. The summed E-state index contributed by atoms with van der Waals surface area (Å²) >= 11 is 0. The van der Waals surface area contributed by atoms with Crippen LogP contribution in [0.15, 0.2) is 0 Å². The highest BCUT2D eigenvalue weighted by Crippen LogP contribution is 2.27. The molecule has 0 aromatic carbocycles. The zero-order chi connectivity index (χ0) is 13.5. The fourth-order valence-corrected chi connectivity index (χ4v) is 3.49. The van der Waals surface area contributed by atoms with Crippen LogP contribution >= 0.6 is 12.4 Å². The van der Waals surface area contributed by atoms with Gasteiger partial charge in [0, 0.05) is 19.0 Å². The summed E-state index contributed by atoms with van der Waals surface area (Å²) in [5.41, 5.74) is 0. The number of carbonyl (C=O) groups is 1. The lowest BCUT2D eigenvalue weighted by molar-refractivity contribution is -0.122. The number of amides is 1. The zero-order valence-electron chi connectivity index (χ0n) is 12.8. The van der Waals surface area contributed by atoms with Gasteiger partial charge in [-0.3, -0.25) is 4.79 Å². The fraction of sp³-hybridized carbons (Fsp3) is 0.938. The van der Waals surface area contributed by atoms with Crippen molar-refractivity contribution >= 4 is 18.3 Å². The predicted molar refractivity (Wildman–Crippen MR) is 86.3 cm³/mol. The molecule has 2 aliphatic rings. The SMILES string of the molecule is CC1CCNCC1NC(=O)CCCC1CCCCC1.Cl. The van der Waals surface area contributed by atoms with Crippen LogP contribution in [0.5, 0.6) is 0 Å². The van der Waals surface area contributed by atoms with Crippen molar-refractivity contribution in [2.24, 2.45) is 11.8 Å². The van der Waals surface area contributed by atoms with Crippen molar-refractivity contribution in [1.82, 2.24) is 10.6 Å². The van der Waals surface area contributed by atoms with E-state index in [-0.39, 0.29) is 18.3 Å². The van der Waals surface area contributed by atoms with Gasteiger partial charge in [0.15, 0.2) is 0 Å². The van der Waals surface area contributed by atoms with Gasteiger partial charge >= 0.3 is 0 Å². The van der Waals surface area contributed by atoms with Crippen LogP contribution in [0, 0.1) is 11.8 Å². The Morgan fingerprint density at radius 1 is 1.20 bits per heavy atom. The van der Waals surface area contributed by atoms with E-state index >= 15 is 0 Å². The molecule has 1 aliphatic carbocycles. The second-order valence-corrected chi connectivity index (χ2v) is 6.54. The molecule has 0 aromatic heterocycles. The first-order valence-electron chi connectivity index (χ1n) is 8.26. The molecule has 0 aromatic rings. The van der Waals surface area contributed by atoms with Crippen LogP contribution < -0.4 is 10.6 Å². The molecule has 0 spiro atoms. The van der Waals surface area contributed by atoms with Crippen molar-refractivity contribution in [3.63, 3.8) is 0 Å². The summed E-state index contributed by atoms with van der Waals surface area (Å²) in [6, 6.07) is 0.343. The summed E-state index contributed by atoms with van der Waals surface area (Å²) in [5.74, 6) is 1.77. The largest absolute Gasteiger partial charge is 0.352 e. The molecule has 1 saturated carbocycles. The van der Waals surface area contributed by atoms with E-state index in [1.54, 1.807) is 0 Å². The Morgan fingerprint density at radius 3 is 2.65 bits per heavy atom. The van der Waals surface area contributed by atoms with Crippen molar-refractivity contribution in [2.45, 2.75) is 70.8 Å². The first-order valence-corrected chi connectivity index (χ1v) is 8.26. The molecule has 2 fully saturated rings. The van der Waals surface area contributed by atoms with Crippen LogP contribution in [0.25, 0.3) is 0 Å². The lowest BCUT2D eigenvalue weighted by Crippen LogP contribution is -2.50. The molecule has 20 heavy (non-hydrogen) atoms. The van der Waals surface area contributed by atoms with E-state index in [2.05, 4.69) is 17.6 Å². The monoisotopic (exact) mass is 302 g/mol. The average molecular weight is 303 g/mol. The van der Waals surface area contributed by atoms with Crippen molar-refractivity contribution in [3.05, 3.63) is 0 Å². The highest BCUT2D eigenvalue weighted by molar-refractivity contribution is 5.85. The van der Waals surface area contributed by atoms with Crippen LogP contribution in [-0.2, 0) is 4.79 Å². The topological polar surface area (TPSA) is 41.1 Å². The van der Waals surface area contributed by atoms with Crippen molar-refractivity contribution in [1.29, 1.82) is 0 Å². The second kappa shape index (κ2) is 9.62. The maximum atomic E-state index is 12.0. The standard InChI is InChI=1S/C16H30N2O.ClH/c1-13-10-11-17-12-15(13)18-16(19)9-5-8-14-6-3-2-4-7-14;/h13-15,17H,2-12H2,1H3,(H,18,19);1H. The van der Waals surface area contributed by atoms with Gasteiger partial charge in [-0.15, -0.1) is 12.4 Å². The molecule has 1 heterocycles. The van der Waals surface area contributed by atoms with Crippen molar-refractivity contribution < 1.29 is 4.79 Å². The van der Waals surface area contributed by atoms with Gasteiger partial charge in [0.05, 0.1) is 0 Å². The van der Waals surface area contributed by atoms with Crippen LogP contribution in [-0.4, -0.2) is 25.0 Å². The van der Waals surface area contributed by atoms with Gasteiger partial charge in [0.2, 0.25) is 5.91 Å². The number of piperidine rings is 1. The molecule has 2 unspecified atom stereocenters. The van der Waals surface area contributed by atoms with Crippen LogP contribution in [0.3, 0.4) is 0 Å². The molecule has 2 N–H and O–H groups in total. The summed E-state index contributed by atoms with van der Waals surface area (Å²) in [7, 11) is 0. The van der Waals surface area contributed by atoms with E-state index < -0.39 is 0 Å². The summed E-state index contributed by atoms with van der Waals surface area (Å²) in [6.45, 7) is 4.28. The maximum absolute atomic E-state index is 12.0. The van der Waals surface area contributed by atoms with E-state index in [1.165, 1.54) is 44.9 Å². The first kappa shape index (κ1) is 17.8. The van der Waals surface area contributed by atoms with Gasteiger partial charge in [0.25, 0.3) is 0 Å². The Balaban J connectivity index is 0.00000200. The smallest absolute Gasteiger partial charge is 0.220 e. The van der Waals surface area contributed by atoms with E-state index in [9.17, 15) is 4.79 Å². The number of carbonyl (C=O) groups excluding carboxylic acids is 1. The van der Waals surface area contributed by atoms with Crippen molar-refractivity contribution in [3.8, 4) is 0 Å². The van der Waals surface area contributed by atoms with Crippen LogP contribution in [0.1, 0.15) is 64.7 Å². The molecular weight excluding hydrogens is 272 g/mol. The Labute approximate surface area is 130 Å². The minimum atomic E-state index is 0. The third kappa shape index (κ3) is 6.01. The number of rotatable bonds is 5. The number of hydrogen-bond donors (Lipinski definition) is 2. The minimum absolute atomic E-state index is 0. The van der Waals surface area contributed by atoms with Crippen LogP contribution in [0.4, 0.5) is 0 Å². The van der Waals surface area contributed by atoms with E-state index in [0.29, 0.717) is 12.0 Å². The molecule has 1 amide bonds. The van der Waals surface area contributed by atoms with Gasteiger partial charge in [0.1, 0.15) is 0 Å². The van der Waals surface area contributed by atoms with E-state index in [1.807, 2.05) is 0 Å². The summed E-state index contributed by atoms with van der Waals surface area (Å²) < 4.78 is 0. The molecule has 0 bridgehead atoms. The second-order valence-electron chi connectivity index (χ2n) is 6.54. The molecular formula is C16H31ClN2O. The quantitative estimate of drug-likeness (QED) is 0.818. The van der Waals surface area contributed by atoms with Gasteiger partial charge < -0.3 is 10.6 Å². The molecule has 1 aliphatic heterocycles. The predicted octanol–water partition coefficient (Wildman–Crippen LogP) is 3.27. The Bertz CT molecular complexity index is 280. The molecule has 2 rings (SSSR count). The van der Waals surface area contributed by atoms with Crippen molar-refractivity contribution in [2.75, 3.05) is 13.1 Å². The fourth-order valence-electron chi connectivity index (χ4n) is 3.49. The number of hydrogen-bond acceptors (Lipinski definition) is 2. The third-order valence-corrected chi connectivity index (χ3v) is 4.91. The summed E-state index contributed by atoms with van der Waals surface area (Å²) in [6.07, 6.45) is 11.2. The normalized spacial score (nSPS) is 27.6. The van der Waals surface area contributed by atoms with E-state index in [4.69, 9.17) is 0 Å². The highest BCUT2D eigenvalue weighted by atomic mass is 35.5. The Hall–Kier alpha value is -0.280. The first-order chi connectivity index (χ1) is 9.25. The lowest BCUT2D eigenvalue weighted by atomic mass is 9.86. The molecule has 4 heteroatoms. The zero-order valence-corrected chi connectivity index (χ0v) is 13.6. The van der Waals surface area contributed by atoms with Gasteiger partial charge in [-0.25, -0.2) is 0 Å². The van der Waals surface area contributed by atoms with Gasteiger partial charge in [-0.05, 0) is 37.6 Å². The van der Waals surface area contributed by atoms with Gasteiger partial charge in [-0.1, -0.05) is 39.0 Å². The summed E-state index contributed by atoms with van der Waals surface area (Å²) in [5, 5.41) is 6.57. The average Bonchev–Trinajstić information content (AvgIpc) is 2.43. The number of nitrogens with one attached hydrogen (secondary N) is 2. The number of halogens is 1. The Kier molecular flexibility index (Phi) is 8.55. The summed E-state index contributed by atoms with van der Waals surface area (Å²) in [4.78, 5) is 12.0. The highest BCUT2D eigenvalue weighted by Gasteiger charge is 2.22. The third-order valence-electron chi connectivity index (χ3n) is 4.91. The van der Waals surface area contributed by atoms with E-state index in [0.717, 1.165) is 31.8 Å². The molecule has 2 atom stereocenters. The molecule has 1 saturated heterocycles. The maximum Gasteiger partial charge on any atom is 0.220 e. The van der Waals surface area contributed by atoms with Crippen LogP contribution in [0.2, 0.25) is 0 Å².